The molecule has 154 valence electrons. The van der Waals surface area contributed by atoms with Crippen molar-refractivity contribution in [1.29, 1.82) is 0 Å². The first kappa shape index (κ1) is 19.7. The van der Waals surface area contributed by atoms with Crippen LogP contribution in [-0.2, 0) is 20.9 Å². The molecule has 1 aromatic heterocycles. The van der Waals surface area contributed by atoms with Gasteiger partial charge in [0.25, 0.3) is 0 Å². The SMILES string of the molecule is O=C(NCc1ccc(-c2ccccc2)o1)[C@H]1CNC[C@H](C(=O)N2CCOCC2)C1. The number of nitrogens with zero attached hydrogens (tertiary/aromatic N) is 1. The van der Waals surface area contributed by atoms with Gasteiger partial charge in [-0.1, -0.05) is 30.3 Å². The Morgan fingerprint density at radius 1 is 1.03 bits per heavy atom. The van der Waals surface area contributed by atoms with Gasteiger partial charge in [-0.15, -0.1) is 0 Å². The lowest BCUT2D eigenvalue weighted by atomic mass is 9.88. The van der Waals surface area contributed by atoms with E-state index in [-0.39, 0.29) is 23.7 Å². The Bertz CT molecular complexity index is 830. The van der Waals surface area contributed by atoms with E-state index < -0.39 is 0 Å². The summed E-state index contributed by atoms with van der Waals surface area (Å²) in [5.74, 6) is 1.19. The fourth-order valence-corrected chi connectivity index (χ4v) is 3.92. The minimum atomic E-state index is -0.220. The standard InChI is InChI=1S/C22H27N3O4/c26-21(24-15-19-6-7-20(29-19)16-4-2-1-3-5-16)17-12-18(14-23-13-17)22(27)25-8-10-28-11-9-25/h1-7,17-18,23H,8-15H2,(H,24,26)/t17-,18-/m1/s1. The van der Waals surface area contributed by atoms with Crippen LogP contribution in [0.25, 0.3) is 11.3 Å². The molecule has 3 heterocycles. The first-order valence-corrected chi connectivity index (χ1v) is 10.2. The molecule has 0 unspecified atom stereocenters. The van der Waals surface area contributed by atoms with Crippen LogP contribution in [0.4, 0.5) is 0 Å². The fourth-order valence-electron chi connectivity index (χ4n) is 3.92. The second-order valence-electron chi connectivity index (χ2n) is 7.58. The molecule has 2 N–H and O–H groups in total. The largest absolute Gasteiger partial charge is 0.459 e. The molecule has 2 aliphatic rings. The number of hydrogen-bond acceptors (Lipinski definition) is 5. The minimum absolute atomic E-state index is 0.0466. The zero-order valence-corrected chi connectivity index (χ0v) is 16.4. The summed E-state index contributed by atoms with van der Waals surface area (Å²) in [7, 11) is 0. The number of nitrogens with one attached hydrogen (secondary N) is 2. The number of furan rings is 1. The highest BCUT2D eigenvalue weighted by molar-refractivity contribution is 5.83. The average Bonchev–Trinajstić information content (AvgIpc) is 3.27. The lowest BCUT2D eigenvalue weighted by Crippen LogP contribution is -2.51. The van der Waals surface area contributed by atoms with Gasteiger partial charge in [0.15, 0.2) is 0 Å². The van der Waals surface area contributed by atoms with E-state index in [4.69, 9.17) is 9.15 Å². The van der Waals surface area contributed by atoms with Gasteiger partial charge in [-0.3, -0.25) is 9.59 Å². The predicted molar refractivity (Wildman–Crippen MR) is 108 cm³/mol. The van der Waals surface area contributed by atoms with E-state index in [1.54, 1.807) is 0 Å². The minimum Gasteiger partial charge on any atom is -0.459 e. The topological polar surface area (TPSA) is 83.8 Å². The predicted octanol–water partition coefficient (Wildman–Crippen LogP) is 1.65. The summed E-state index contributed by atoms with van der Waals surface area (Å²) in [6.45, 7) is 3.99. The molecule has 2 saturated heterocycles. The molecule has 2 aliphatic heterocycles. The smallest absolute Gasteiger partial charge is 0.227 e. The molecule has 2 atom stereocenters. The summed E-state index contributed by atoms with van der Waals surface area (Å²) in [6, 6.07) is 13.7. The van der Waals surface area contributed by atoms with Crippen molar-refractivity contribution in [3.8, 4) is 11.3 Å². The first-order chi connectivity index (χ1) is 14.2. The van der Waals surface area contributed by atoms with Gasteiger partial charge in [-0.05, 0) is 18.6 Å². The summed E-state index contributed by atoms with van der Waals surface area (Å²) in [4.78, 5) is 27.2. The Hall–Kier alpha value is -2.64. The summed E-state index contributed by atoms with van der Waals surface area (Å²) in [5, 5.41) is 6.20. The molecule has 0 radical (unpaired) electrons. The molecule has 29 heavy (non-hydrogen) atoms. The number of rotatable bonds is 5. The second kappa shape index (κ2) is 9.24. The van der Waals surface area contributed by atoms with E-state index in [0.717, 1.165) is 11.3 Å². The molecule has 7 heteroatoms. The van der Waals surface area contributed by atoms with Crippen LogP contribution >= 0.6 is 0 Å². The second-order valence-corrected chi connectivity index (χ2v) is 7.58. The Balaban J connectivity index is 1.29. The maximum absolute atomic E-state index is 12.7. The number of amides is 2. The summed E-state index contributed by atoms with van der Waals surface area (Å²) < 4.78 is 11.2. The van der Waals surface area contributed by atoms with E-state index in [9.17, 15) is 9.59 Å². The van der Waals surface area contributed by atoms with Gasteiger partial charge >= 0.3 is 0 Å². The van der Waals surface area contributed by atoms with Crippen LogP contribution in [0.2, 0.25) is 0 Å². The van der Waals surface area contributed by atoms with Crippen molar-refractivity contribution < 1.29 is 18.7 Å². The van der Waals surface area contributed by atoms with E-state index >= 15 is 0 Å². The number of carbonyl (C=O) groups is 2. The molecular formula is C22H27N3O4. The van der Waals surface area contributed by atoms with E-state index in [1.807, 2.05) is 47.4 Å². The first-order valence-electron chi connectivity index (χ1n) is 10.2. The van der Waals surface area contributed by atoms with Crippen LogP contribution in [0, 0.1) is 11.8 Å². The molecule has 2 fully saturated rings. The molecule has 2 amide bonds. The third-order valence-corrected chi connectivity index (χ3v) is 5.55. The number of morpholine rings is 1. The van der Waals surface area contributed by atoms with E-state index in [0.29, 0.717) is 58.1 Å². The van der Waals surface area contributed by atoms with Crippen molar-refractivity contribution in [3.63, 3.8) is 0 Å². The summed E-state index contributed by atoms with van der Waals surface area (Å²) in [6.07, 6.45) is 0.572. The lowest BCUT2D eigenvalue weighted by Gasteiger charge is -2.34. The monoisotopic (exact) mass is 397 g/mol. The molecule has 0 aliphatic carbocycles. The van der Waals surface area contributed by atoms with Crippen LogP contribution in [0.5, 0.6) is 0 Å². The molecular weight excluding hydrogens is 370 g/mol. The van der Waals surface area contributed by atoms with E-state index in [2.05, 4.69) is 10.6 Å². The van der Waals surface area contributed by atoms with Crippen molar-refractivity contribution in [1.82, 2.24) is 15.5 Å². The molecule has 0 spiro atoms. The molecule has 0 bridgehead atoms. The number of carbonyl (C=O) groups excluding carboxylic acids is 2. The fraction of sp³-hybridized carbons (Fsp3) is 0.455. The van der Waals surface area contributed by atoms with Gasteiger partial charge in [0.1, 0.15) is 11.5 Å². The van der Waals surface area contributed by atoms with Crippen LogP contribution in [-0.4, -0.2) is 56.1 Å². The quantitative estimate of drug-likeness (QED) is 0.802. The Morgan fingerprint density at radius 2 is 1.79 bits per heavy atom. The molecule has 4 rings (SSSR count). The lowest BCUT2D eigenvalue weighted by molar-refractivity contribution is -0.141. The van der Waals surface area contributed by atoms with Crippen LogP contribution in [0.1, 0.15) is 12.2 Å². The average molecular weight is 397 g/mol. The van der Waals surface area contributed by atoms with Gasteiger partial charge in [0.2, 0.25) is 11.8 Å². The van der Waals surface area contributed by atoms with Gasteiger partial charge in [-0.2, -0.15) is 0 Å². The Kier molecular flexibility index (Phi) is 6.27. The van der Waals surface area contributed by atoms with Crippen LogP contribution in [0.15, 0.2) is 46.9 Å². The van der Waals surface area contributed by atoms with Crippen LogP contribution < -0.4 is 10.6 Å². The van der Waals surface area contributed by atoms with Crippen molar-refractivity contribution in [2.75, 3.05) is 39.4 Å². The normalized spacial score (nSPS) is 22.3. The van der Waals surface area contributed by atoms with Gasteiger partial charge in [0, 0.05) is 31.7 Å². The summed E-state index contributed by atoms with van der Waals surface area (Å²) >= 11 is 0. The van der Waals surface area contributed by atoms with Crippen molar-refractivity contribution >= 4 is 11.8 Å². The number of piperidine rings is 1. The third-order valence-electron chi connectivity index (χ3n) is 5.55. The van der Waals surface area contributed by atoms with Gasteiger partial charge < -0.3 is 24.7 Å². The molecule has 2 aromatic rings. The van der Waals surface area contributed by atoms with Crippen molar-refractivity contribution in [2.45, 2.75) is 13.0 Å². The highest BCUT2D eigenvalue weighted by Gasteiger charge is 2.33. The maximum atomic E-state index is 12.7. The third kappa shape index (κ3) is 4.86. The van der Waals surface area contributed by atoms with Crippen molar-refractivity contribution in [2.24, 2.45) is 11.8 Å². The maximum Gasteiger partial charge on any atom is 0.227 e. The molecule has 1 aromatic carbocycles. The van der Waals surface area contributed by atoms with Crippen LogP contribution in [0.3, 0.4) is 0 Å². The zero-order chi connectivity index (χ0) is 20.1. The molecule has 0 saturated carbocycles. The number of hydrogen-bond donors (Lipinski definition) is 2. The highest BCUT2D eigenvalue weighted by atomic mass is 16.5. The molecule has 7 nitrogen and oxygen atoms in total. The summed E-state index contributed by atoms with van der Waals surface area (Å²) in [5.41, 5.74) is 1.01. The van der Waals surface area contributed by atoms with Gasteiger partial charge in [0.05, 0.1) is 31.6 Å². The highest BCUT2D eigenvalue weighted by Crippen LogP contribution is 2.22. The Morgan fingerprint density at radius 3 is 2.59 bits per heavy atom. The van der Waals surface area contributed by atoms with Crippen molar-refractivity contribution in [3.05, 3.63) is 48.2 Å². The Labute approximate surface area is 170 Å². The zero-order valence-electron chi connectivity index (χ0n) is 16.4. The number of ether oxygens (including phenoxy) is 1. The van der Waals surface area contributed by atoms with Gasteiger partial charge in [-0.25, -0.2) is 0 Å². The van der Waals surface area contributed by atoms with E-state index in [1.165, 1.54) is 0 Å². The number of benzene rings is 1.